The zero-order valence-electron chi connectivity index (χ0n) is 16.7. The minimum absolute atomic E-state index is 0.234. The maximum atomic E-state index is 11.7. The molecule has 2 atom stereocenters. The number of nitrogens with zero attached hydrogens (tertiary/aromatic N) is 3. The van der Waals surface area contributed by atoms with Crippen molar-refractivity contribution in [2.24, 2.45) is 4.99 Å². The van der Waals surface area contributed by atoms with Gasteiger partial charge in [0.2, 0.25) is 5.91 Å². The van der Waals surface area contributed by atoms with Crippen molar-refractivity contribution in [2.75, 3.05) is 33.2 Å². The van der Waals surface area contributed by atoms with Crippen LogP contribution in [0.3, 0.4) is 0 Å². The number of hydrogen-bond acceptors (Lipinski definition) is 3. The molecule has 6 heteroatoms. The van der Waals surface area contributed by atoms with Gasteiger partial charge in [-0.25, -0.2) is 0 Å². The standard InChI is InChI=1S/C21H33N5O/c1-3-22-21(24-18-11-12-20(27)25(2)16-18)23-14-19-10-7-13-26(19)15-17-8-5-4-6-9-17/h4-6,8-9,18-19H,3,7,10-16H2,1-2H3,(H2,22,23,24). The third kappa shape index (κ3) is 5.70. The monoisotopic (exact) mass is 371 g/mol. The SMILES string of the molecule is CCNC(=NCC1CCCN1Cc1ccccc1)NC1CCC(=O)N(C)C1. The fourth-order valence-electron chi connectivity index (χ4n) is 3.97. The number of aliphatic imine (C=N–C) groups is 1. The number of nitrogens with one attached hydrogen (secondary N) is 2. The summed E-state index contributed by atoms with van der Waals surface area (Å²) in [6.45, 7) is 6.63. The van der Waals surface area contributed by atoms with Crippen LogP contribution in [0.2, 0.25) is 0 Å². The molecule has 2 aliphatic rings. The summed E-state index contributed by atoms with van der Waals surface area (Å²) in [5.74, 6) is 1.11. The summed E-state index contributed by atoms with van der Waals surface area (Å²) < 4.78 is 0. The molecule has 6 nitrogen and oxygen atoms in total. The highest BCUT2D eigenvalue weighted by Crippen LogP contribution is 2.20. The van der Waals surface area contributed by atoms with E-state index >= 15 is 0 Å². The molecular formula is C21H33N5O. The first-order valence-corrected chi connectivity index (χ1v) is 10.2. The van der Waals surface area contributed by atoms with Gasteiger partial charge in [0.15, 0.2) is 5.96 Å². The van der Waals surface area contributed by atoms with Crippen molar-refractivity contribution in [3.63, 3.8) is 0 Å². The van der Waals surface area contributed by atoms with Gasteiger partial charge in [0, 0.05) is 45.2 Å². The van der Waals surface area contributed by atoms with Crippen LogP contribution >= 0.6 is 0 Å². The number of rotatable bonds is 6. The van der Waals surface area contributed by atoms with Crippen molar-refractivity contribution in [3.05, 3.63) is 35.9 Å². The zero-order valence-corrected chi connectivity index (χ0v) is 16.7. The molecule has 1 amide bonds. The first kappa shape index (κ1) is 19.7. The number of amides is 1. The van der Waals surface area contributed by atoms with E-state index in [0.29, 0.717) is 12.5 Å². The Bertz CT molecular complexity index is 633. The van der Waals surface area contributed by atoms with Crippen LogP contribution in [-0.4, -0.2) is 67.0 Å². The Balaban J connectivity index is 1.56. The Labute approximate surface area is 163 Å². The highest BCUT2D eigenvalue weighted by Gasteiger charge is 2.25. The van der Waals surface area contributed by atoms with Gasteiger partial charge in [0.25, 0.3) is 0 Å². The summed E-state index contributed by atoms with van der Waals surface area (Å²) in [4.78, 5) is 20.9. The van der Waals surface area contributed by atoms with Gasteiger partial charge in [-0.05, 0) is 38.3 Å². The van der Waals surface area contributed by atoms with E-state index in [1.54, 1.807) is 0 Å². The minimum Gasteiger partial charge on any atom is -0.357 e. The highest BCUT2D eigenvalue weighted by atomic mass is 16.2. The Kier molecular flexibility index (Phi) is 7.10. The summed E-state index contributed by atoms with van der Waals surface area (Å²) in [5.41, 5.74) is 1.37. The average Bonchev–Trinajstić information content (AvgIpc) is 3.11. The summed E-state index contributed by atoms with van der Waals surface area (Å²) in [5, 5.41) is 6.88. The molecule has 0 radical (unpaired) electrons. The Hall–Kier alpha value is -2.08. The van der Waals surface area contributed by atoms with Crippen molar-refractivity contribution in [2.45, 2.75) is 51.2 Å². The van der Waals surface area contributed by atoms with E-state index in [9.17, 15) is 4.79 Å². The molecule has 0 aromatic heterocycles. The van der Waals surface area contributed by atoms with Crippen LogP contribution in [0.4, 0.5) is 0 Å². The van der Waals surface area contributed by atoms with E-state index in [1.165, 1.54) is 18.4 Å². The number of piperidine rings is 1. The molecule has 1 aromatic rings. The number of carbonyl (C=O) groups excluding carboxylic acids is 1. The first-order chi connectivity index (χ1) is 13.2. The molecule has 1 aromatic carbocycles. The molecular weight excluding hydrogens is 338 g/mol. The molecule has 0 saturated carbocycles. The number of likely N-dealkylation sites (tertiary alicyclic amines) is 2. The second-order valence-electron chi connectivity index (χ2n) is 7.63. The maximum Gasteiger partial charge on any atom is 0.222 e. The van der Waals surface area contributed by atoms with Crippen LogP contribution in [0.25, 0.3) is 0 Å². The van der Waals surface area contributed by atoms with Gasteiger partial charge in [0.05, 0.1) is 6.54 Å². The Morgan fingerprint density at radius 3 is 2.81 bits per heavy atom. The smallest absolute Gasteiger partial charge is 0.222 e. The molecule has 0 aliphatic carbocycles. The lowest BCUT2D eigenvalue weighted by Crippen LogP contribution is -2.52. The number of benzene rings is 1. The molecule has 2 saturated heterocycles. The minimum atomic E-state index is 0.234. The van der Waals surface area contributed by atoms with Crippen LogP contribution in [-0.2, 0) is 11.3 Å². The normalized spacial score (nSPS) is 24.3. The van der Waals surface area contributed by atoms with E-state index in [2.05, 4.69) is 52.8 Å². The molecule has 0 spiro atoms. The summed E-state index contributed by atoms with van der Waals surface area (Å²) >= 11 is 0. The van der Waals surface area contributed by atoms with Gasteiger partial charge in [-0.15, -0.1) is 0 Å². The van der Waals surface area contributed by atoms with Crippen molar-refractivity contribution in [1.29, 1.82) is 0 Å². The summed E-state index contributed by atoms with van der Waals surface area (Å²) in [6.07, 6.45) is 3.93. The molecule has 2 fully saturated rings. The quantitative estimate of drug-likeness (QED) is 0.592. The van der Waals surface area contributed by atoms with Crippen LogP contribution in [0, 0.1) is 0 Å². The fraction of sp³-hybridized carbons (Fsp3) is 0.619. The Morgan fingerprint density at radius 2 is 2.07 bits per heavy atom. The summed E-state index contributed by atoms with van der Waals surface area (Å²) in [7, 11) is 1.88. The number of carbonyl (C=O) groups is 1. The van der Waals surface area contributed by atoms with Gasteiger partial charge < -0.3 is 15.5 Å². The fourth-order valence-corrected chi connectivity index (χ4v) is 3.97. The lowest BCUT2D eigenvalue weighted by Gasteiger charge is -2.31. The van der Waals surface area contributed by atoms with Crippen LogP contribution in [0.15, 0.2) is 35.3 Å². The topological polar surface area (TPSA) is 60.0 Å². The van der Waals surface area contributed by atoms with Crippen molar-refractivity contribution in [3.8, 4) is 0 Å². The number of hydrogen-bond donors (Lipinski definition) is 2. The predicted molar refractivity (Wildman–Crippen MR) is 110 cm³/mol. The predicted octanol–water partition coefficient (Wildman–Crippen LogP) is 1.83. The first-order valence-electron chi connectivity index (χ1n) is 10.2. The lowest BCUT2D eigenvalue weighted by atomic mass is 10.1. The van der Waals surface area contributed by atoms with Crippen LogP contribution < -0.4 is 10.6 Å². The van der Waals surface area contributed by atoms with Crippen molar-refractivity contribution >= 4 is 11.9 Å². The Morgan fingerprint density at radius 1 is 1.26 bits per heavy atom. The van der Waals surface area contributed by atoms with E-state index in [4.69, 9.17) is 4.99 Å². The average molecular weight is 372 g/mol. The molecule has 148 valence electrons. The van der Waals surface area contributed by atoms with Crippen LogP contribution in [0.1, 0.15) is 38.2 Å². The van der Waals surface area contributed by atoms with Gasteiger partial charge in [-0.3, -0.25) is 14.7 Å². The van der Waals surface area contributed by atoms with Gasteiger partial charge in [0.1, 0.15) is 0 Å². The largest absolute Gasteiger partial charge is 0.357 e. The summed E-state index contributed by atoms with van der Waals surface area (Å²) in [6, 6.07) is 11.5. The molecule has 27 heavy (non-hydrogen) atoms. The van der Waals surface area contributed by atoms with E-state index < -0.39 is 0 Å². The molecule has 2 aliphatic heterocycles. The molecule has 0 bridgehead atoms. The van der Waals surface area contributed by atoms with Crippen molar-refractivity contribution in [1.82, 2.24) is 20.4 Å². The van der Waals surface area contributed by atoms with Crippen molar-refractivity contribution < 1.29 is 4.79 Å². The lowest BCUT2D eigenvalue weighted by molar-refractivity contribution is -0.132. The second-order valence-corrected chi connectivity index (χ2v) is 7.63. The third-order valence-electron chi connectivity index (χ3n) is 5.50. The molecule has 2 unspecified atom stereocenters. The van der Waals surface area contributed by atoms with E-state index in [0.717, 1.165) is 45.1 Å². The number of likely N-dealkylation sites (N-methyl/N-ethyl adjacent to an activating group) is 1. The second kappa shape index (κ2) is 9.74. The van der Waals surface area contributed by atoms with E-state index in [-0.39, 0.29) is 11.9 Å². The third-order valence-corrected chi connectivity index (χ3v) is 5.50. The zero-order chi connectivity index (χ0) is 19.1. The number of guanidine groups is 1. The maximum absolute atomic E-state index is 11.7. The van der Waals surface area contributed by atoms with Crippen LogP contribution in [0.5, 0.6) is 0 Å². The van der Waals surface area contributed by atoms with Gasteiger partial charge in [-0.2, -0.15) is 0 Å². The highest BCUT2D eigenvalue weighted by molar-refractivity contribution is 5.81. The van der Waals surface area contributed by atoms with E-state index in [1.807, 2.05) is 11.9 Å². The molecule has 3 rings (SSSR count). The molecule has 2 N–H and O–H groups in total. The molecule has 2 heterocycles. The van der Waals surface area contributed by atoms with Gasteiger partial charge in [-0.1, -0.05) is 30.3 Å². The van der Waals surface area contributed by atoms with Gasteiger partial charge >= 0.3 is 0 Å².